The van der Waals surface area contributed by atoms with Gasteiger partial charge in [0.15, 0.2) is 11.5 Å². The minimum absolute atomic E-state index is 0.0812. The van der Waals surface area contributed by atoms with Crippen LogP contribution in [0.5, 0.6) is 17.2 Å². The molecule has 1 aromatic heterocycles. The Hall–Kier alpha value is -3.06. The SMILES string of the molecule is COc1cc(C(=O)NC2CCOc3ccccc32)ccc1OCc1csc(C)n1. The van der Waals surface area contributed by atoms with Crippen LogP contribution in [0.15, 0.2) is 47.8 Å². The summed E-state index contributed by atoms with van der Waals surface area (Å²) in [6.45, 7) is 2.89. The molecule has 29 heavy (non-hydrogen) atoms. The van der Waals surface area contributed by atoms with Crippen LogP contribution in [0.1, 0.15) is 39.1 Å². The Labute approximate surface area is 173 Å². The monoisotopic (exact) mass is 410 g/mol. The average molecular weight is 410 g/mol. The molecule has 0 spiro atoms. The molecule has 0 aliphatic carbocycles. The zero-order chi connectivity index (χ0) is 20.2. The third kappa shape index (κ3) is 4.35. The molecule has 0 saturated carbocycles. The number of aromatic nitrogens is 1. The Morgan fingerprint density at radius 2 is 2.14 bits per heavy atom. The van der Waals surface area contributed by atoms with Gasteiger partial charge >= 0.3 is 0 Å². The maximum atomic E-state index is 12.8. The van der Waals surface area contributed by atoms with Gasteiger partial charge in [-0.05, 0) is 31.2 Å². The van der Waals surface area contributed by atoms with Crippen molar-refractivity contribution < 1.29 is 19.0 Å². The summed E-state index contributed by atoms with van der Waals surface area (Å²) in [7, 11) is 1.56. The molecule has 3 aromatic rings. The van der Waals surface area contributed by atoms with Crippen LogP contribution in [0.4, 0.5) is 0 Å². The van der Waals surface area contributed by atoms with E-state index in [1.807, 2.05) is 36.6 Å². The number of carbonyl (C=O) groups excluding carboxylic acids is 1. The van der Waals surface area contributed by atoms with Crippen molar-refractivity contribution in [3.63, 3.8) is 0 Å². The van der Waals surface area contributed by atoms with Crippen molar-refractivity contribution in [3.8, 4) is 17.2 Å². The first kappa shape index (κ1) is 19.3. The zero-order valence-corrected chi connectivity index (χ0v) is 17.1. The van der Waals surface area contributed by atoms with Crippen LogP contribution >= 0.6 is 11.3 Å². The first-order valence-corrected chi connectivity index (χ1v) is 10.3. The molecule has 2 heterocycles. The smallest absolute Gasteiger partial charge is 0.251 e. The molecule has 1 atom stereocenters. The predicted octanol–water partition coefficient (Wildman–Crippen LogP) is 4.29. The number of benzene rings is 2. The van der Waals surface area contributed by atoms with E-state index in [9.17, 15) is 4.79 Å². The van der Waals surface area contributed by atoms with Crippen molar-refractivity contribution in [2.24, 2.45) is 0 Å². The molecule has 0 bridgehead atoms. The van der Waals surface area contributed by atoms with Crippen molar-refractivity contribution in [3.05, 3.63) is 69.7 Å². The second-order valence-corrected chi connectivity index (χ2v) is 7.78. The number of nitrogens with zero attached hydrogens (tertiary/aromatic N) is 1. The van der Waals surface area contributed by atoms with Crippen LogP contribution in [-0.4, -0.2) is 24.6 Å². The molecule has 150 valence electrons. The van der Waals surface area contributed by atoms with Crippen LogP contribution in [0.25, 0.3) is 0 Å². The highest BCUT2D eigenvalue weighted by molar-refractivity contribution is 7.09. The van der Waals surface area contributed by atoms with E-state index in [0.717, 1.165) is 28.4 Å². The highest BCUT2D eigenvalue weighted by Crippen LogP contribution is 2.33. The van der Waals surface area contributed by atoms with Gasteiger partial charge in [0.05, 0.1) is 30.5 Å². The number of ether oxygens (including phenoxy) is 3. The minimum atomic E-state index is -0.160. The molecule has 4 rings (SSSR count). The lowest BCUT2D eigenvalue weighted by Gasteiger charge is -2.26. The number of para-hydroxylation sites is 1. The number of thiazole rings is 1. The van der Waals surface area contributed by atoms with E-state index in [1.165, 1.54) is 0 Å². The van der Waals surface area contributed by atoms with Crippen molar-refractivity contribution >= 4 is 17.2 Å². The van der Waals surface area contributed by atoms with Gasteiger partial charge in [0.25, 0.3) is 5.91 Å². The highest BCUT2D eigenvalue weighted by atomic mass is 32.1. The summed E-state index contributed by atoms with van der Waals surface area (Å²) >= 11 is 1.58. The van der Waals surface area contributed by atoms with Gasteiger partial charge in [0.2, 0.25) is 0 Å². The summed E-state index contributed by atoms with van der Waals surface area (Å²) < 4.78 is 16.9. The number of fused-ring (bicyclic) bond motifs is 1. The van der Waals surface area contributed by atoms with E-state index in [-0.39, 0.29) is 11.9 Å². The van der Waals surface area contributed by atoms with Crippen molar-refractivity contribution in [1.82, 2.24) is 10.3 Å². The second kappa shape index (κ2) is 8.53. The van der Waals surface area contributed by atoms with Gasteiger partial charge < -0.3 is 19.5 Å². The van der Waals surface area contributed by atoms with Crippen LogP contribution < -0.4 is 19.5 Å². The highest BCUT2D eigenvalue weighted by Gasteiger charge is 2.23. The van der Waals surface area contributed by atoms with E-state index in [1.54, 1.807) is 36.6 Å². The predicted molar refractivity (Wildman–Crippen MR) is 111 cm³/mol. The third-order valence-electron chi connectivity index (χ3n) is 4.73. The molecule has 1 N–H and O–H groups in total. The molecule has 6 nitrogen and oxygen atoms in total. The van der Waals surface area contributed by atoms with Gasteiger partial charge in [-0.2, -0.15) is 0 Å². The Morgan fingerprint density at radius 3 is 2.93 bits per heavy atom. The summed E-state index contributed by atoms with van der Waals surface area (Å²) in [6.07, 6.45) is 0.730. The molecule has 1 aliphatic rings. The molecule has 7 heteroatoms. The van der Waals surface area contributed by atoms with Crippen LogP contribution in [0.3, 0.4) is 0 Å². The lowest BCUT2D eigenvalue weighted by atomic mass is 10.00. The maximum absolute atomic E-state index is 12.8. The largest absolute Gasteiger partial charge is 0.493 e. The quantitative estimate of drug-likeness (QED) is 0.656. The molecule has 1 unspecified atom stereocenters. The zero-order valence-electron chi connectivity index (χ0n) is 16.3. The normalized spacial score (nSPS) is 15.2. The molecule has 2 aromatic carbocycles. The summed E-state index contributed by atoms with van der Waals surface area (Å²) in [4.78, 5) is 17.2. The lowest BCUT2D eigenvalue weighted by molar-refractivity contribution is 0.0924. The van der Waals surface area contributed by atoms with Crippen LogP contribution in [0.2, 0.25) is 0 Å². The van der Waals surface area contributed by atoms with E-state index in [0.29, 0.717) is 30.3 Å². The third-order valence-corrected chi connectivity index (χ3v) is 5.55. The first-order valence-electron chi connectivity index (χ1n) is 9.38. The van der Waals surface area contributed by atoms with E-state index in [2.05, 4.69) is 10.3 Å². The van der Waals surface area contributed by atoms with E-state index in [4.69, 9.17) is 14.2 Å². The number of amides is 1. The Bertz CT molecular complexity index is 1020. The summed E-state index contributed by atoms with van der Waals surface area (Å²) in [5.74, 6) is 1.75. The number of hydrogen-bond acceptors (Lipinski definition) is 6. The van der Waals surface area contributed by atoms with Crippen LogP contribution in [0, 0.1) is 6.92 Å². The number of hydrogen-bond donors (Lipinski definition) is 1. The fraction of sp³-hybridized carbons (Fsp3) is 0.273. The minimum Gasteiger partial charge on any atom is -0.493 e. The van der Waals surface area contributed by atoms with Gasteiger partial charge in [-0.25, -0.2) is 4.98 Å². The van der Waals surface area contributed by atoms with Crippen molar-refractivity contribution in [1.29, 1.82) is 0 Å². The Balaban J connectivity index is 1.46. The number of aryl methyl sites for hydroxylation is 1. The Kier molecular flexibility index (Phi) is 5.67. The average Bonchev–Trinajstić information content (AvgIpc) is 3.17. The molecule has 1 amide bonds. The fourth-order valence-electron chi connectivity index (χ4n) is 3.29. The van der Waals surface area contributed by atoms with Gasteiger partial charge in [0, 0.05) is 22.9 Å². The van der Waals surface area contributed by atoms with Gasteiger partial charge in [-0.15, -0.1) is 11.3 Å². The number of rotatable bonds is 6. The first-order chi connectivity index (χ1) is 14.1. The second-order valence-electron chi connectivity index (χ2n) is 6.71. The Morgan fingerprint density at radius 1 is 1.28 bits per heavy atom. The molecular formula is C22H22N2O4S. The van der Waals surface area contributed by atoms with Crippen molar-refractivity contribution in [2.75, 3.05) is 13.7 Å². The lowest BCUT2D eigenvalue weighted by Crippen LogP contribution is -2.32. The standard InChI is InChI=1S/C22H22N2O4S/c1-14-23-16(13-29-14)12-28-20-8-7-15(11-21(20)26-2)22(25)24-18-9-10-27-19-6-4-3-5-17(18)19/h3-8,11,13,18H,9-10,12H2,1-2H3,(H,24,25). The van der Waals surface area contributed by atoms with E-state index < -0.39 is 0 Å². The molecule has 0 saturated heterocycles. The summed E-state index contributed by atoms with van der Waals surface area (Å²) in [6, 6.07) is 12.9. The molecular weight excluding hydrogens is 388 g/mol. The molecule has 0 radical (unpaired) electrons. The maximum Gasteiger partial charge on any atom is 0.251 e. The molecule has 1 aliphatic heterocycles. The van der Waals surface area contributed by atoms with Crippen molar-refractivity contribution in [2.45, 2.75) is 26.0 Å². The number of methoxy groups -OCH3 is 1. The number of carbonyl (C=O) groups is 1. The topological polar surface area (TPSA) is 69.7 Å². The van der Waals surface area contributed by atoms with Gasteiger partial charge in [0.1, 0.15) is 12.4 Å². The molecule has 0 fully saturated rings. The summed E-state index contributed by atoms with van der Waals surface area (Å²) in [5.41, 5.74) is 2.38. The van der Waals surface area contributed by atoms with Gasteiger partial charge in [-0.1, -0.05) is 18.2 Å². The van der Waals surface area contributed by atoms with E-state index >= 15 is 0 Å². The van der Waals surface area contributed by atoms with Gasteiger partial charge in [-0.3, -0.25) is 4.79 Å². The summed E-state index contributed by atoms with van der Waals surface area (Å²) in [5, 5.41) is 6.06. The fourth-order valence-corrected chi connectivity index (χ4v) is 3.89. The van der Waals surface area contributed by atoms with Crippen LogP contribution in [-0.2, 0) is 6.61 Å². The number of nitrogens with one attached hydrogen (secondary N) is 1.